The molecule has 0 bridgehead atoms. The van der Waals surface area contributed by atoms with Crippen molar-refractivity contribution >= 4 is 5.91 Å². The summed E-state index contributed by atoms with van der Waals surface area (Å²) in [6, 6.07) is 10.3. The third-order valence-corrected chi connectivity index (χ3v) is 4.69. The van der Waals surface area contributed by atoms with Crippen LogP contribution in [0, 0.1) is 5.92 Å². The SMILES string of the molecule is CCC1CCCCC1NC(=O)CCC(N)c1ccccc1. The molecule has 1 aliphatic carbocycles. The van der Waals surface area contributed by atoms with E-state index in [-0.39, 0.29) is 11.9 Å². The molecule has 0 spiro atoms. The molecule has 3 unspecified atom stereocenters. The highest BCUT2D eigenvalue weighted by Gasteiger charge is 2.24. The van der Waals surface area contributed by atoms with Gasteiger partial charge in [0.05, 0.1) is 0 Å². The fraction of sp³-hybridized carbons (Fsp3) is 0.611. The Morgan fingerprint density at radius 2 is 2.00 bits per heavy atom. The molecule has 0 aromatic heterocycles. The molecule has 3 nitrogen and oxygen atoms in total. The molecule has 2 rings (SSSR count). The lowest BCUT2D eigenvalue weighted by Crippen LogP contribution is -2.42. The first-order valence-electron chi connectivity index (χ1n) is 8.30. The van der Waals surface area contributed by atoms with Gasteiger partial charge in [0, 0.05) is 18.5 Å². The van der Waals surface area contributed by atoms with E-state index in [1.54, 1.807) is 0 Å². The summed E-state index contributed by atoms with van der Waals surface area (Å²) in [6.07, 6.45) is 7.32. The highest BCUT2D eigenvalue weighted by molar-refractivity contribution is 5.76. The first-order valence-corrected chi connectivity index (χ1v) is 8.30. The fourth-order valence-electron chi connectivity index (χ4n) is 3.32. The number of nitrogens with one attached hydrogen (secondary N) is 1. The van der Waals surface area contributed by atoms with Crippen LogP contribution in [-0.2, 0) is 4.79 Å². The Morgan fingerprint density at radius 1 is 1.29 bits per heavy atom. The fourth-order valence-corrected chi connectivity index (χ4v) is 3.32. The van der Waals surface area contributed by atoms with Gasteiger partial charge >= 0.3 is 0 Å². The maximum atomic E-state index is 12.1. The maximum absolute atomic E-state index is 12.1. The number of amides is 1. The number of hydrogen-bond donors (Lipinski definition) is 2. The van der Waals surface area contributed by atoms with Gasteiger partial charge in [0.2, 0.25) is 5.91 Å². The number of hydrogen-bond acceptors (Lipinski definition) is 2. The summed E-state index contributed by atoms with van der Waals surface area (Å²) in [5.41, 5.74) is 7.26. The molecule has 3 heteroatoms. The Kier molecular flexibility index (Phi) is 6.24. The largest absolute Gasteiger partial charge is 0.353 e. The molecule has 0 heterocycles. The van der Waals surface area contributed by atoms with E-state index in [1.165, 1.54) is 19.3 Å². The average molecular weight is 288 g/mol. The smallest absolute Gasteiger partial charge is 0.220 e. The lowest BCUT2D eigenvalue weighted by molar-refractivity contribution is -0.122. The minimum absolute atomic E-state index is 0.0507. The molecule has 0 radical (unpaired) electrons. The molecule has 3 atom stereocenters. The molecule has 1 fully saturated rings. The third-order valence-electron chi connectivity index (χ3n) is 4.69. The standard InChI is InChI=1S/C18H28N2O/c1-2-14-8-6-7-11-17(14)20-18(21)13-12-16(19)15-9-4-3-5-10-15/h3-5,9-10,14,16-17H,2,6-8,11-13,19H2,1H3,(H,20,21). The number of benzene rings is 1. The number of carbonyl (C=O) groups excluding carboxylic acids is 1. The predicted octanol–water partition coefficient (Wildman–Crippen LogP) is 3.55. The van der Waals surface area contributed by atoms with Gasteiger partial charge in [-0.05, 0) is 30.7 Å². The summed E-state index contributed by atoms with van der Waals surface area (Å²) in [5.74, 6) is 0.817. The van der Waals surface area contributed by atoms with Crippen molar-refractivity contribution in [2.45, 2.75) is 64.0 Å². The summed E-state index contributed by atoms with van der Waals surface area (Å²) in [5, 5.41) is 3.23. The summed E-state index contributed by atoms with van der Waals surface area (Å²) < 4.78 is 0. The highest BCUT2D eigenvalue weighted by atomic mass is 16.1. The van der Waals surface area contributed by atoms with Crippen LogP contribution in [0.2, 0.25) is 0 Å². The van der Waals surface area contributed by atoms with E-state index < -0.39 is 0 Å². The van der Waals surface area contributed by atoms with E-state index in [9.17, 15) is 4.79 Å². The van der Waals surface area contributed by atoms with Gasteiger partial charge in [-0.25, -0.2) is 0 Å². The summed E-state index contributed by atoms with van der Waals surface area (Å²) >= 11 is 0. The second kappa shape index (κ2) is 8.18. The van der Waals surface area contributed by atoms with Crippen LogP contribution >= 0.6 is 0 Å². The van der Waals surface area contributed by atoms with E-state index in [4.69, 9.17) is 5.73 Å². The van der Waals surface area contributed by atoms with Crippen LogP contribution in [0.3, 0.4) is 0 Å². The summed E-state index contributed by atoms with van der Waals surface area (Å²) in [4.78, 5) is 12.1. The minimum atomic E-state index is -0.0507. The van der Waals surface area contributed by atoms with E-state index in [0.717, 1.165) is 18.4 Å². The Morgan fingerprint density at radius 3 is 2.71 bits per heavy atom. The first kappa shape index (κ1) is 16.0. The molecule has 1 aromatic rings. The topological polar surface area (TPSA) is 55.1 Å². The predicted molar refractivity (Wildman–Crippen MR) is 86.8 cm³/mol. The van der Waals surface area contributed by atoms with E-state index in [2.05, 4.69) is 12.2 Å². The number of carbonyl (C=O) groups is 1. The second-order valence-corrected chi connectivity index (χ2v) is 6.18. The third kappa shape index (κ3) is 4.85. The molecular formula is C18H28N2O. The van der Waals surface area contributed by atoms with Crippen molar-refractivity contribution in [1.82, 2.24) is 5.32 Å². The van der Waals surface area contributed by atoms with Gasteiger partial charge in [-0.1, -0.05) is 56.5 Å². The lowest BCUT2D eigenvalue weighted by atomic mass is 9.83. The van der Waals surface area contributed by atoms with Crippen molar-refractivity contribution in [3.63, 3.8) is 0 Å². The molecule has 1 saturated carbocycles. The summed E-state index contributed by atoms with van der Waals surface area (Å²) in [6.45, 7) is 2.22. The van der Waals surface area contributed by atoms with Crippen LogP contribution in [0.1, 0.15) is 63.5 Å². The molecular weight excluding hydrogens is 260 g/mol. The Labute approximate surface area is 128 Å². The summed E-state index contributed by atoms with van der Waals surface area (Å²) in [7, 11) is 0. The second-order valence-electron chi connectivity index (χ2n) is 6.18. The van der Waals surface area contributed by atoms with Gasteiger partial charge in [0.15, 0.2) is 0 Å². The lowest BCUT2D eigenvalue weighted by Gasteiger charge is -2.31. The molecule has 1 amide bonds. The Hall–Kier alpha value is -1.35. The Balaban J connectivity index is 1.76. The minimum Gasteiger partial charge on any atom is -0.353 e. The van der Waals surface area contributed by atoms with E-state index in [0.29, 0.717) is 24.8 Å². The van der Waals surface area contributed by atoms with Crippen molar-refractivity contribution in [2.24, 2.45) is 11.7 Å². The zero-order valence-corrected chi connectivity index (χ0v) is 13.1. The Bertz CT molecular complexity index is 432. The van der Waals surface area contributed by atoms with Gasteiger partial charge in [-0.15, -0.1) is 0 Å². The van der Waals surface area contributed by atoms with Gasteiger partial charge < -0.3 is 11.1 Å². The van der Waals surface area contributed by atoms with Crippen LogP contribution in [0.25, 0.3) is 0 Å². The molecule has 0 saturated heterocycles. The van der Waals surface area contributed by atoms with Crippen molar-refractivity contribution in [3.05, 3.63) is 35.9 Å². The van der Waals surface area contributed by atoms with Gasteiger partial charge in [-0.3, -0.25) is 4.79 Å². The van der Waals surface area contributed by atoms with Crippen LogP contribution < -0.4 is 11.1 Å². The van der Waals surface area contributed by atoms with Gasteiger partial charge in [-0.2, -0.15) is 0 Å². The quantitative estimate of drug-likeness (QED) is 0.841. The molecule has 21 heavy (non-hydrogen) atoms. The van der Waals surface area contributed by atoms with Crippen molar-refractivity contribution < 1.29 is 4.79 Å². The highest BCUT2D eigenvalue weighted by Crippen LogP contribution is 2.27. The van der Waals surface area contributed by atoms with Crippen molar-refractivity contribution in [3.8, 4) is 0 Å². The first-order chi connectivity index (χ1) is 10.2. The molecule has 1 aromatic carbocycles. The monoisotopic (exact) mass is 288 g/mol. The molecule has 1 aliphatic rings. The van der Waals surface area contributed by atoms with Crippen LogP contribution in [-0.4, -0.2) is 11.9 Å². The normalized spacial score (nSPS) is 23.5. The molecule has 0 aliphatic heterocycles. The molecule has 3 N–H and O–H groups in total. The zero-order chi connectivity index (χ0) is 15.1. The average Bonchev–Trinajstić information content (AvgIpc) is 2.54. The van der Waals surface area contributed by atoms with Gasteiger partial charge in [0.1, 0.15) is 0 Å². The van der Waals surface area contributed by atoms with Gasteiger partial charge in [0.25, 0.3) is 0 Å². The van der Waals surface area contributed by atoms with Crippen LogP contribution in [0.5, 0.6) is 0 Å². The van der Waals surface area contributed by atoms with E-state index >= 15 is 0 Å². The number of nitrogens with two attached hydrogens (primary N) is 1. The van der Waals surface area contributed by atoms with Crippen LogP contribution in [0.4, 0.5) is 0 Å². The van der Waals surface area contributed by atoms with Crippen LogP contribution in [0.15, 0.2) is 30.3 Å². The van der Waals surface area contributed by atoms with Crippen molar-refractivity contribution in [2.75, 3.05) is 0 Å². The zero-order valence-electron chi connectivity index (χ0n) is 13.1. The van der Waals surface area contributed by atoms with Crippen molar-refractivity contribution in [1.29, 1.82) is 0 Å². The maximum Gasteiger partial charge on any atom is 0.220 e. The molecule has 116 valence electrons. The van der Waals surface area contributed by atoms with E-state index in [1.807, 2.05) is 30.3 Å². The number of rotatable bonds is 6.